The Morgan fingerprint density at radius 1 is 1.47 bits per heavy atom. The molecule has 1 aromatic carbocycles. The van der Waals surface area contributed by atoms with Crippen LogP contribution in [0, 0.1) is 11.3 Å². The highest BCUT2D eigenvalue weighted by atomic mass is 16.5. The molecule has 15 heavy (non-hydrogen) atoms. The third-order valence-corrected chi connectivity index (χ3v) is 2.40. The molecule has 0 N–H and O–H groups in total. The van der Waals surface area contributed by atoms with Gasteiger partial charge in [-0.15, -0.1) is 0 Å². The molecular weight excluding hydrogens is 190 g/mol. The molecule has 1 atom stereocenters. The summed E-state index contributed by atoms with van der Waals surface area (Å²) >= 11 is 0. The Labute approximate surface area is 88.5 Å². The molecule has 1 aromatic rings. The number of nitriles is 1. The Morgan fingerprint density at radius 2 is 2.27 bits per heavy atom. The first-order chi connectivity index (χ1) is 7.24. The molecule has 0 fully saturated rings. The minimum Gasteiger partial charge on any atom is -0.497 e. The van der Waals surface area contributed by atoms with E-state index in [1.807, 2.05) is 31.2 Å². The Morgan fingerprint density at radius 3 is 2.93 bits per heavy atom. The summed E-state index contributed by atoms with van der Waals surface area (Å²) in [5, 5.41) is 8.88. The molecule has 1 aliphatic heterocycles. The van der Waals surface area contributed by atoms with Gasteiger partial charge in [0.15, 0.2) is 0 Å². The fourth-order valence-corrected chi connectivity index (χ4v) is 1.54. The van der Waals surface area contributed by atoms with Gasteiger partial charge in [-0.2, -0.15) is 5.26 Å². The second kappa shape index (κ2) is 3.66. The molecule has 2 rings (SSSR count). The van der Waals surface area contributed by atoms with Gasteiger partial charge in [-0.05, 0) is 31.2 Å². The summed E-state index contributed by atoms with van der Waals surface area (Å²) in [5.41, 5.74) is 1.53. The smallest absolute Gasteiger partial charge is 0.131 e. The van der Waals surface area contributed by atoms with Gasteiger partial charge in [-0.3, -0.25) is 0 Å². The van der Waals surface area contributed by atoms with Gasteiger partial charge in [-0.25, -0.2) is 0 Å². The van der Waals surface area contributed by atoms with Crippen LogP contribution in [0.2, 0.25) is 0 Å². The molecule has 1 aliphatic rings. The van der Waals surface area contributed by atoms with E-state index in [-0.39, 0.29) is 6.10 Å². The number of benzene rings is 1. The van der Waals surface area contributed by atoms with Crippen LogP contribution >= 0.6 is 0 Å². The van der Waals surface area contributed by atoms with Crippen molar-refractivity contribution in [1.29, 1.82) is 5.26 Å². The van der Waals surface area contributed by atoms with Gasteiger partial charge in [0.25, 0.3) is 0 Å². The molecule has 0 radical (unpaired) electrons. The van der Waals surface area contributed by atoms with Crippen LogP contribution < -0.4 is 9.47 Å². The van der Waals surface area contributed by atoms with E-state index in [9.17, 15) is 0 Å². The van der Waals surface area contributed by atoms with Gasteiger partial charge >= 0.3 is 0 Å². The van der Waals surface area contributed by atoms with Crippen molar-refractivity contribution in [3.8, 4) is 17.6 Å². The summed E-state index contributed by atoms with van der Waals surface area (Å²) in [6.07, 6.45) is 1.67. The SMILES string of the molecule is COc1ccc2c(c1)C=C(C#N)C(C)O2. The second-order valence-corrected chi connectivity index (χ2v) is 3.38. The number of hydrogen-bond acceptors (Lipinski definition) is 3. The molecular formula is C12H11NO2. The van der Waals surface area contributed by atoms with Gasteiger partial charge in [0.05, 0.1) is 18.8 Å². The van der Waals surface area contributed by atoms with Crippen molar-refractivity contribution in [1.82, 2.24) is 0 Å². The number of ether oxygens (including phenoxy) is 2. The van der Waals surface area contributed by atoms with Crippen LogP contribution in [-0.2, 0) is 0 Å². The van der Waals surface area contributed by atoms with Crippen LogP contribution in [0.15, 0.2) is 23.8 Å². The quantitative estimate of drug-likeness (QED) is 0.700. The lowest BCUT2D eigenvalue weighted by molar-refractivity contribution is 0.258. The third-order valence-electron chi connectivity index (χ3n) is 2.40. The summed E-state index contributed by atoms with van der Waals surface area (Å²) in [5.74, 6) is 1.56. The molecule has 0 aromatic heterocycles. The Bertz CT molecular complexity index is 457. The maximum atomic E-state index is 8.88. The average Bonchev–Trinajstić information content (AvgIpc) is 2.27. The van der Waals surface area contributed by atoms with Crippen LogP contribution in [0.3, 0.4) is 0 Å². The maximum absolute atomic E-state index is 8.88. The fraction of sp³-hybridized carbons (Fsp3) is 0.250. The van der Waals surface area contributed by atoms with Crippen molar-refractivity contribution in [3.05, 3.63) is 29.3 Å². The normalized spacial score (nSPS) is 18.2. The van der Waals surface area contributed by atoms with Crippen molar-refractivity contribution in [3.63, 3.8) is 0 Å². The van der Waals surface area contributed by atoms with Crippen molar-refractivity contribution in [2.75, 3.05) is 7.11 Å². The molecule has 1 unspecified atom stereocenters. The van der Waals surface area contributed by atoms with E-state index in [4.69, 9.17) is 14.7 Å². The molecule has 0 spiro atoms. The zero-order valence-electron chi connectivity index (χ0n) is 8.65. The molecule has 0 saturated carbocycles. The highest BCUT2D eigenvalue weighted by Gasteiger charge is 2.18. The van der Waals surface area contributed by atoms with Crippen LogP contribution in [0.4, 0.5) is 0 Å². The van der Waals surface area contributed by atoms with E-state index in [1.165, 1.54) is 0 Å². The Hall–Kier alpha value is -1.95. The summed E-state index contributed by atoms with van der Waals surface area (Å²) in [6.45, 7) is 1.86. The summed E-state index contributed by atoms with van der Waals surface area (Å²) < 4.78 is 10.7. The third kappa shape index (κ3) is 1.66. The Kier molecular flexibility index (Phi) is 2.34. The lowest BCUT2D eigenvalue weighted by Gasteiger charge is -2.21. The van der Waals surface area contributed by atoms with Crippen LogP contribution in [-0.4, -0.2) is 13.2 Å². The van der Waals surface area contributed by atoms with E-state index in [1.54, 1.807) is 7.11 Å². The first-order valence-electron chi connectivity index (χ1n) is 4.71. The van der Waals surface area contributed by atoms with Gasteiger partial charge < -0.3 is 9.47 Å². The van der Waals surface area contributed by atoms with Crippen LogP contribution in [0.25, 0.3) is 6.08 Å². The molecule has 76 valence electrons. The first kappa shape index (κ1) is 9.60. The average molecular weight is 201 g/mol. The molecule has 0 amide bonds. The Balaban J connectivity index is 2.48. The predicted octanol–water partition coefficient (Wildman–Crippen LogP) is 2.38. The molecule has 0 aliphatic carbocycles. The molecule has 3 heteroatoms. The summed E-state index contributed by atoms with van der Waals surface area (Å²) in [6, 6.07) is 7.69. The standard InChI is InChI=1S/C12H11NO2/c1-8-10(7-13)5-9-6-11(14-2)3-4-12(9)15-8/h3-6,8H,1-2H3. The maximum Gasteiger partial charge on any atom is 0.131 e. The predicted molar refractivity (Wildman–Crippen MR) is 56.7 cm³/mol. The van der Waals surface area contributed by atoms with Crippen LogP contribution in [0.5, 0.6) is 11.5 Å². The number of fused-ring (bicyclic) bond motifs is 1. The lowest BCUT2D eigenvalue weighted by atomic mass is 10.0. The van der Waals surface area contributed by atoms with Crippen molar-refractivity contribution in [2.24, 2.45) is 0 Å². The molecule has 1 heterocycles. The molecule has 0 bridgehead atoms. The number of hydrogen-bond donors (Lipinski definition) is 0. The molecule has 0 saturated heterocycles. The first-order valence-corrected chi connectivity index (χ1v) is 4.71. The van der Waals surface area contributed by atoms with Crippen LogP contribution in [0.1, 0.15) is 12.5 Å². The van der Waals surface area contributed by atoms with E-state index in [0.717, 1.165) is 17.1 Å². The van der Waals surface area contributed by atoms with E-state index in [0.29, 0.717) is 5.57 Å². The monoisotopic (exact) mass is 201 g/mol. The van der Waals surface area contributed by atoms with Gasteiger partial charge in [0.2, 0.25) is 0 Å². The van der Waals surface area contributed by atoms with E-state index < -0.39 is 0 Å². The zero-order chi connectivity index (χ0) is 10.8. The minimum atomic E-state index is -0.170. The highest BCUT2D eigenvalue weighted by Crippen LogP contribution is 2.32. The van der Waals surface area contributed by atoms with E-state index in [2.05, 4.69) is 6.07 Å². The van der Waals surface area contributed by atoms with Crippen molar-refractivity contribution in [2.45, 2.75) is 13.0 Å². The van der Waals surface area contributed by atoms with Crippen molar-refractivity contribution >= 4 is 6.08 Å². The topological polar surface area (TPSA) is 42.2 Å². The number of rotatable bonds is 1. The number of nitrogens with zero attached hydrogens (tertiary/aromatic N) is 1. The van der Waals surface area contributed by atoms with Gasteiger partial charge in [0, 0.05) is 5.56 Å². The van der Waals surface area contributed by atoms with Gasteiger partial charge in [0.1, 0.15) is 17.6 Å². The number of methoxy groups -OCH3 is 1. The second-order valence-electron chi connectivity index (χ2n) is 3.38. The largest absolute Gasteiger partial charge is 0.497 e. The zero-order valence-corrected chi connectivity index (χ0v) is 8.65. The summed E-state index contributed by atoms with van der Waals surface area (Å²) in [4.78, 5) is 0. The highest BCUT2D eigenvalue weighted by molar-refractivity contribution is 5.67. The minimum absolute atomic E-state index is 0.170. The fourth-order valence-electron chi connectivity index (χ4n) is 1.54. The van der Waals surface area contributed by atoms with Crippen molar-refractivity contribution < 1.29 is 9.47 Å². The van der Waals surface area contributed by atoms with Gasteiger partial charge in [-0.1, -0.05) is 0 Å². The molecule has 3 nitrogen and oxygen atoms in total. The van der Waals surface area contributed by atoms with E-state index >= 15 is 0 Å². The summed E-state index contributed by atoms with van der Waals surface area (Å²) in [7, 11) is 1.61. The lowest BCUT2D eigenvalue weighted by Crippen LogP contribution is -2.17.